The number of nitrogens with one attached hydrogen (secondary N) is 2. The van der Waals surface area contributed by atoms with Gasteiger partial charge in [0.15, 0.2) is 5.96 Å². The predicted molar refractivity (Wildman–Crippen MR) is 130 cm³/mol. The van der Waals surface area contributed by atoms with Gasteiger partial charge in [-0.15, -0.1) is 24.0 Å². The maximum absolute atomic E-state index is 12.0. The number of guanidine groups is 1. The highest BCUT2D eigenvalue weighted by molar-refractivity contribution is 14.0. The van der Waals surface area contributed by atoms with E-state index in [2.05, 4.69) is 46.0 Å². The van der Waals surface area contributed by atoms with Crippen LogP contribution in [0.1, 0.15) is 44.6 Å². The number of hydrogen-bond donors (Lipinski definition) is 2. The maximum Gasteiger partial charge on any atom is 0.243 e. The Bertz CT molecular complexity index is 616. The molecular weight excluding hydrogens is 479 g/mol. The molecule has 0 aromatic heterocycles. The molecule has 1 aromatic rings. The van der Waals surface area contributed by atoms with E-state index in [-0.39, 0.29) is 41.8 Å². The molecule has 164 valence electrons. The van der Waals surface area contributed by atoms with Crippen molar-refractivity contribution in [1.82, 2.24) is 15.5 Å². The molecule has 1 amide bonds. The summed E-state index contributed by atoms with van der Waals surface area (Å²) >= 11 is 0. The molecule has 1 aliphatic rings. The SMILES string of the molecule is CCOCCCNC(=NCC(=O)N(C)C)NCC1(c2ccccc2)CCCC1.I. The summed E-state index contributed by atoms with van der Waals surface area (Å²) in [5, 5.41) is 6.87. The van der Waals surface area contributed by atoms with Crippen LogP contribution in [0.2, 0.25) is 0 Å². The molecular formula is C22H37IN4O2. The molecule has 1 aromatic carbocycles. The molecule has 0 unspecified atom stereocenters. The third-order valence-electron chi connectivity index (χ3n) is 5.37. The van der Waals surface area contributed by atoms with Crippen molar-refractivity contribution in [3.05, 3.63) is 35.9 Å². The minimum Gasteiger partial charge on any atom is -0.382 e. The average molecular weight is 516 g/mol. The van der Waals surface area contributed by atoms with Crippen molar-refractivity contribution in [1.29, 1.82) is 0 Å². The summed E-state index contributed by atoms with van der Waals surface area (Å²) in [6, 6.07) is 10.8. The average Bonchev–Trinajstić information content (AvgIpc) is 3.19. The van der Waals surface area contributed by atoms with E-state index < -0.39 is 0 Å². The summed E-state index contributed by atoms with van der Waals surface area (Å²) in [5.74, 6) is 0.697. The molecule has 0 saturated heterocycles. The van der Waals surface area contributed by atoms with Gasteiger partial charge in [0, 0.05) is 45.8 Å². The monoisotopic (exact) mass is 516 g/mol. The van der Waals surface area contributed by atoms with Crippen LogP contribution in [-0.2, 0) is 14.9 Å². The lowest BCUT2D eigenvalue weighted by molar-refractivity contribution is -0.127. The zero-order valence-corrected chi connectivity index (χ0v) is 20.4. The van der Waals surface area contributed by atoms with Crippen LogP contribution in [0.25, 0.3) is 0 Å². The molecule has 0 atom stereocenters. The fourth-order valence-electron chi connectivity index (χ4n) is 3.65. The van der Waals surface area contributed by atoms with Crippen molar-refractivity contribution in [3.8, 4) is 0 Å². The minimum atomic E-state index is -0.00550. The van der Waals surface area contributed by atoms with Gasteiger partial charge >= 0.3 is 0 Å². The lowest BCUT2D eigenvalue weighted by atomic mass is 9.79. The molecule has 0 bridgehead atoms. The molecule has 7 heteroatoms. The van der Waals surface area contributed by atoms with E-state index in [0.717, 1.165) is 32.7 Å². The number of nitrogens with zero attached hydrogens (tertiary/aromatic N) is 2. The number of rotatable bonds is 10. The summed E-state index contributed by atoms with van der Waals surface area (Å²) in [4.78, 5) is 18.0. The van der Waals surface area contributed by atoms with Gasteiger partial charge in [0.2, 0.25) is 5.91 Å². The highest BCUT2D eigenvalue weighted by Crippen LogP contribution is 2.40. The number of hydrogen-bond acceptors (Lipinski definition) is 3. The van der Waals surface area contributed by atoms with Gasteiger partial charge in [-0.25, -0.2) is 4.99 Å². The number of halogens is 1. The smallest absolute Gasteiger partial charge is 0.243 e. The van der Waals surface area contributed by atoms with Gasteiger partial charge in [0.05, 0.1) is 0 Å². The third kappa shape index (κ3) is 8.50. The molecule has 2 N–H and O–H groups in total. The first-order chi connectivity index (χ1) is 13.6. The van der Waals surface area contributed by atoms with E-state index in [1.165, 1.54) is 31.2 Å². The molecule has 0 aliphatic heterocycles. The van der Waals surface area contributed by atoms with Crippen molar-refractivity contribution in [2.45, 2.75) is 44.4 Å². The molecule has 1 saturated carbocycles. The predicted octanol–water partition coefficient (Wildman–Crippen LogP) is 3.17. The molecule has 0 heterocycles. The highest BCUT2D eigenvalue weighted by atomic mass is 127. The lowest BCUT2D eigenvalue weighted by Gasteiger charge is -2.31. The number of ether oxygens (including phenoxy) is 1. The van der Waals surface area contributed by atoms with E-state index >= 15 is 0 Å². The second kappa shape index (κ2) is 13.8. The Hall–Kier alpha value is -1.35. The molecule has 29 heavy (non-hydrogen) atoms. The van der Waals surface area contributed by atoms with Crippen molar-refractivity contribution in [2.75, 3.05) is 46.9 Å². The summed E-state index contributed by atoms with van der Waals surface area (Å²) in [6.07, 6.45) is 5.77. The van der Waals surface area contributed by atoms with E-state index in [4.69, 9.17) is 4.74 Å². The standard InChI is InChI=1S/C22H36N4O2.HI/c1-4-28-16-10-15-23-21(24-17-20(27)26(2)3)25-18-22(13-8-9-14-22)19-11-6-5-7-12-19;/h5-7,11-12H,4,8-10,13-18H2,1-3H3,(H2,23,24,25);1H. The van der Waals surface area contributed by atoms with E-state index in [1.807, 2.05) is 6.92 Å². The van der Waals surface area contributed by atoms with Crippen LogP contribution in [0.4, 0.5) is 0 Å². The van der Waals surface area contributed by atoms with Crippen molar-refractivity contribution < 1.29 is 9.53 Å². The molecule has 1 fully saturated rings. The summed E-state index contributed by atoms with van der Waals surface area (Å²) in [5.41, 5.74) is 1.53. The van der Waals surface area contributed by atoms with Gasteiger partial charge in [-0.1, -0.05) is 43.2 Å². The number of carbonyl (C=O) groups excluding carboxylic acids is 1. The maximum atomic E-state index is 12.0. The van der Waals surface area contributed by atoms with E-state index in [1.54, 1.807) is 19.0 Å². The Morgan fingerprint density at radius 1 is 1.17 bits per heavy atom. The second-order valence-electron chi connectivity index (χ2n) is 7.64. The van der Waals surface area contributed by atoms with Gasteiger partial charge in [-0.3, -0.25) is 4.79 Å². The van der Waals surface area contributed by atoms with Crippen LogP contribution in [0, 0.1) is 0 Å². The Balaban J connectivity index is 0.00000420. The van der Waals surface area contributed by atoms with Crippen LogP contribution in [-0.4, -0.2) is 63.7 Å². The number of carbonyl (C=O) groups is 1. The zero-order valence-electron chi connectivity index (χ0n) is 18.1. The first kappa shape index (κ1) is 25.7. The molecule has 2 rings (SSSR count). The Morgan fingerprint density at radius 2 is 1.86 bits per heavy atom. The third-order valence-corrected chi connectivity index (χ3v) is 5.37. The topological polar surface area (TPSA) is 66.0 Å². The first-order valence-corrected chi connectivity index (χ1v) is 10.4. The Morgan fingerprint density at radius 3 is 2.48 bits per heavy atom. The summed E-state index contributed by atoms with van der Waals surface area (Å²) < 4.78 is 5.40. The fourth-order valence-corrected chi connectivity index (χ4v) is 3.65. The summed E-state index contributed by atoms with van der Waals surface area (Å²) in [6.45, 7) is 5.19. The molecule has 0 spiro atoms. The van der Waals surface area contributed by atoms with Crippen LogP contribution >= 0.6 is 24.0 Å². The molecule has 0 radical (unpaired) electrons. The van der Waals surface area contributed by atoms with Crippen molar-refractivity contribution >= 4 is 35.8 Å². The quantitative estimate of drug-likeness (QED) is 0.217. The van der Waals surface area contributed by atoms with Gasteiger partial charge in [0.25, 0.3) is 0 Å². The second-order valence-corrected chi connectivity index (χ2v) is 7.64. The Labute approximate surface area is 192 Å². The highest BCUT2D eigenvalue weighted by Gasteiger charge is 2.35. The van der Waals surface area contributed by atoms with Crippen LogP contribution in [0.3, 0.4) is 0 Å². The largest absolute Gasteiger partial charge is 0.382 e. The van der Waals surface area contributed by atoms with Crippen LogP contribution < -0.4 is 10.6 Å². The van der Waals surface area contributed by atoms with E-state index in [0.29, 0.717) is 5.96 Å². The number of amides is 1. The number of likely N-dealkylation sites (N-methyl/N-ethyl adjacent to an activating group) is 1. The van der Waals surface area contributed by atoms with Crippen molar-refractivity contribution in [2.24, 2.45) is 4.99 Å². The van der Waals surface area contributed by atoms with Gasteiger partial charge in [-0.2, -0.15) is 0 Å². The van der Waals surface area contributed by atoms with Crippen LogP contribution in [0.15, 0.2) is 35.3 Å². The first-order valence-electron chi connectivity index (χ1n) is 10.4. The fraction of sp³-hybridized carbons (Fsp3) is 0.636. The molecule has 6 nitrogen and oxygen atoms in total. The zero-order chi connectivity index (χ0) is 20.2. The van der Waals surface area contributed by atoms with Gasteiger partial charge in [0.1, 0.15) is 6.54 Å². The minimum absolute atomic E-state index is 0. The summed E-state index contributed by atoms with van der Waals surface area (Å²) in [7, 11) is 3.51. The van der Waals surface area contributed by atoms with Crippen molar-refractivity contribution in [3.63, 3.8) is 0 Å². The Kier molecular flexibility index (Phi) is 12.2. The number of benzene rings is 1. The molecule has 1 aliphatic carbocycles. The van der Waals surface area contributed by atoms with Crippen LogP contribution in [0.5, 0.6) is 0 Å². The van der Waals surface area contributed by atoms with E-state index in [9.17, 15) is 4.79 Å². The number of aliphatic imine (C=N–C) groups is 1. The lowest BCUT2D eigenvalue weighted by Crippen LogP contribution is -2.45. The van der Waals surface area contributed by atoms with Gasteiger partial charge in [-0.05, 0) is 31.7 Å². The normalized spacial score (nSPS) is 15.5. The van der Waals surface area contributed by atoms with Gasteiger partial charge < -0.3 is 20.3 Å².